The first-order valence-corrected chi connectivity index (χ1v) is 8.24. The summed E-state index contributed by atoms with van der Waals surface area (Å²) in [6.07, 6.45) is 2.93. The highest BCUT2D eigenvalue weighted by atomic mass is 32.2. The lowest BCUT2D eigenvalue weighted by Gasteiger charge is -2.35. The van der Waals surface area contributed by atoms with Crippen LogP contribution in [0.5, 0.6) is 0 Å². The van der Waals surface area contributed by atoms with Crippen LogP contribution in [0.25, 0.3) is 0 Å². The number of hydrogen-bond acceptors (Lipinski definition) is 5. The summed E-state index contributed by atoms with van der Waals surface area (Å²) in [5, 5.41) is 14.1. The summed E-state index contributed by atoms with van der Waals surface area (Å²) in [5.41, 5.74) is 7.21. The number of nitrogens with zero attached hydrogens (tertiary/aromatic N) is 1. The number of nitrogens with two attached hydrogens (primary N) is 2. The molecule has 1 aliphatic heterocycles. The SMILES string of the molecule is Nc1cc(S(N)(=O)=O)ccc1N1CCCC(CCO)C1. The van der Waals surface area contributed by atoms with E-state index in [2.05, 4.69) is 4.90 Å². The van der Waals surface area contributed by atoms with Gasteiger partial charge in [0.25, 0.3) is 0 Å². The van der Waals surface area contributed by atoms with Gasteiger partial charge in [0.2, 0.25) is 10.0 Å². The molecule has 1 saturated heterocycles. The van der Waals surface area contributed by atoms with Gasteiger partial charge in [0.05, 0.1) is 16.3 Å². The van der Waals surface area contributed by atoms with Crippen molar-refractivity contribution in [1.82, 2.24) is 0 Å². The van der Waals surface area contributed by atoms with Crippen molar-refractivity contribution in [3.8, 4) is 0 Å². The molecule has 112 valence electrons. The lowest BCUT2D eigenvalue weighted by atomic mass is 9.94. The van der Waals surface area contributed by atoms with E-state index < -0.39 is 10.0 Å². The molecular formula is C13H21N3O3S. The van der Waals surface area contributed by atoms with Crippen molar-refractivity contribution in [3.05, 3.63) is 18.2 Å². The van der Waals surface area contributed by atoms with E-state index in [0.717, 1.165) is 38.0 Å². The van der Waals surface area contributed by atoms with Gasteiger partial charge in [0.1, 0.15) is 0 Å². The highest BCUT2D eigenvalue weighted by Gasteiger charge is 2.21. The minimum atomic E-state index is -3.72. The second-order valence-corrected chi connectivity index (χ2v) is 6.79. The van der Waals surface area contributed by atoms with Crippen LogP contribution in [0.3, 0.4) is 0 Å². The van der Waals surface area contributed by atoms with Crippen LogP contribution in [-0.2, 0) is 10.0 Å². The Morgan fingerprint density at radius 3 is 2.75 bits per heavy atom. The van der Waals surface area contributed by atoms with Gasteiger partial charge in [-0.05, 0) is 43.4 Å². The summed E-state index contributed by atoms with van der Waals surface area (Å²) in [4.78, 5) is 2.18. The van der Waals surface area contributed by atoms with E-state index in [4.69, 9.17) is 16.0 Å². The number of benzene rings is 1. The van der Waals surface area contributed by atoms with Crippen molar-refractivity contribution >= 4 is 21.4 Å². The van der Waals surface area contributed by atoms with Gasteiger partial charge >= 0.3 is 0 Å². The van der Waals surface area contributed by atoms with Crippen LogP contribution in [0.2, 0.25) is 0 Å². The summed E-state index contributed by atoms with van der Waals surface area (Å²) in [7, 11) is -3.72. The van der Waals surface area contributed by atoms with E-state index in [1.165, 1.54) is 12.1 Å². The predicted octanol–water partition coefficient (Wildman–Crippen LogP) is 0.515. The number of nitrogen functional groups attached to an aromatic ring is 1. The average Bonchev–Trinajstić information content (AvgIpc) is 2.38. The van der Waals surface area contributed by atoms with Crippen molar-refractivity contribution < 1.29 is 13.5 Å². The number of aliphatic hydroxyl groups is 1. The third kappa shape index (κ3) is 3.41. The highest BCUT2D eigenvalue weighted by molar-refractivity contribution is 7.89. The third-order valence-corrected chi connectivity index (χ3v) is 4.64. The Labute approximate surface area is 119 Å². The van der Waals surface area contributed by atoms with Gasteiger partial charge in [-0.2, -0.15) is 0 Å². The number of hydrogen-bond donors (Lipinski definition) is 3. The molecule has 0 radical (unpaired) electrons. The first-order valence-electron chi connectivity index (χ1n) is 6.70. The van der Waals surface area contributed by atoms with Crippen molar-refractivity contribution in [3.63, 3.8) is 0 Å². The lowest BCUT2D eigenvalue weighted by molar-refractivity contribution is 0.244. The largest absolute Gasteiger partial charge is 0.397 e. The van der Waals surface area contributed by atoms with E-state index in [0.29, 0.717) is 11.6 Å². The van der Waals surface area contributed by atoms with Crippen LogP contribution in [0.4, 0.5) is 11.4 Å². The zero-order valence-electron chi connectivity index (χ0n) is 11.3. The Kier molecular flexibility index (Phi) is 4.52. The van der Waals surface area contributed by atoms with Crippen molar-refractivity contribution in [1.29, 1.82) is 0 Å². The molecule has 20 heavy (non-hydrogen) atoms. The van der Waals surface area contributed by atoms with Crippen LogP contribution in [0.1, 0.15) is 19.3 Å². The Morgan fingerprint density at radius 1 is 1.40 bits per heavy atom. The molecule has 1 aromatic rings. The first-order chi connectivity index (χ1) is 9.41. The Bertz CT molecular complexity index is 572. The molecule has 0 bridgehead atoms. The number of rotatable bonds is 4. The summed E-state index contributed by atoms with van der Waals surface area (Å²) >= 11 is 0. The molecule has 6 nitrogen and oxygen atoms in total. The quantitative estimate of drug-likeness (QED) is 0.702. The van der Waals surface area contributed by atoms with Gasteiger partial charge < -0.3 is 15.7 Å². The fraction of sp³-hybridized carbons (Fsp3) is 0.538. The molecule has 0 spiro atoms. The van der Waals surface area contributed by atoms with E-state index in [9.17, 15) is 8.42 Å². The number of anilines is 2. The molecule has 0 amide bonds. The monoisotopic (exact) mass is 299 g/mol. The van der Waals surface area contributed by atoms with Crippen LogP contribution in [-0.4, -0.2) is 33.2 Å². The molecule has 1 heterocycles. The van der Waals surface area contributed by atoms with Crippen molar-refractivity contribution in [2.24, 2.45) is 11.1 Å². The Hall–Kier alpha value is -1.31. The molecule has 0 aromatic heterocycles. The van der Waals surface area contributed by atoms with Crippen LogP contribution in [0.15, 0.2) is 23.1 Å². The molecule has 1 fully saturated rings. The van der Waals surface area contributed by atoms with Crippen molar-refractivity contribution in [2.45, 2.75) is 24.2 Å². The van der Waals surface area contributed by atoms with Gasteiger partial charge in [-0.3, -0.25) is 0 Å². The number of sulfonamides is 1. The van der Waals surface area contributed by atoms with E-state index >= 15 is 0 Å². The van der Waals surface area contributed by atoms with Gasteiger partial charge in [0, 0.05) is 19.7 Å². The van der Waals surface area contributed by atoms with E-state index in [-0.39, 0.29) is 11.5 Å². The Balaban J connectivity index is 2.20. The molecule has 1 atom stereocenters. The van der Waals surface area contributed by atoms with Gasteiger partial charge in [-0.15, -0.1) is 0 Å². The second kappa shape index (κ2) is 5.99. The first kappa shape index (κ1) is 15.1. The second-order valence-electron chi connectivity index (χ2n) is 5.23. The molecule has 5 N–H and O–H groups in total. The normalized spacial score (nSPS) is 20.1. The van der Waals surface area contributed by atoms with Crippen molar-refractivity contribution in [2.75, 3.05) is 30.3 Å². The number of aliphatic hydroxyl groups excluding tert-OH is 1. The average molecular weight is 299 g/mol. The van der Waals surface area contributed by atoms with Crippen LogP contribution < -0.4 is 15.8 Å². The van der Waals surface area contributed by atoms with Gasteiger partial charge in [-0.1, -0.05) is 0 Å². The minimum Gasteiger partial charge on any atom is -0.397 e. The summed E-state index contributed by atoms with van der Waals surface area (Å²) < 4.78 is 22.6. The van der Waals surface area contributed by atoms with E-state index in [1.807, 2.05) is 0 Å². The van der Waals surface area contributed by atoms with Crippen LogP contribution >= 0.6 is 0 Å². The third-order valence-electron chi connectivity index (χ3n) is 3.72. The minimum absolute atomic E-state index is 0.0302. The molecule has 0 aliphatic carbocycles. The lowest BCUT2D eigenvalue weighted by Crippen LogP contribution is -2.36. The number of primary sulfonamides is 1. The summed E-state index contributed by atoms with van der Waals surface area (Å²) in [5.74, 6) is 0.450. The zero-order chi connectivity index (χ0) is 14.8. The maximum Gasteiger partial charge on any atom is 0.238 e. The molecule has 2 rings (SSSR count). The Morgan fingerprint density at radius 2 is 2.15 bits per heavy atom. The standard InChI is InChI=1S/C13H21N3O3S/c14-12-8-11(20(15,18)19)3-4-13(12)16-6-1-2-10(9-16)5-7-17/h3-4,8,10,17H,1-2,5-7,9,14H2,(H2,15,18,19). The van der Waals surface area contributed by atoms with Crippen LogP contribution in [0, 0.1) is 5.92 Å². The van der Waals surface area contributed by atoms with Gasteiger partial charge in [0.15, 0.2) is 0 Å². The maximum absolute atomic E-state index is 11.3. The maximum atomic E-state index is 11.3. The molecular weight excluding hydrogens is 278 g/mol. The molecule has 1 unspecified atom stereocenters. The predicted molar refractivity (Wildman–Crippen MR) is 78.9 cm³/mol. The fourth-order valence-electron chi connectivity index (χ4n) is 2.70. The summed E-state index contributed by atoms with van der Waals surface area (Å²) in [6.45, 7) is 1.92. The van der Waals surface area contributed by atoms with Gasteiger partial charge in [-0.25, -0.2) is 13.6 Å². The molecule has 7 heteroatoms. The highest BCUT2D eigenvalue weighted by Crippen LogP contribution is 2.30. The molecule has 1 aromatic carbocycles. The topological polar surface area (TPSA) is 110 Å². The van der Waals surface area contributed by atoms with E-state index in [1.54, 1.807) is 6.07 Å². The molecule has 1 aliphatic rings. The molecule has 0 saturated carbocycles. The smallest absolute Gasteiger partial charge is 0.238 e. The zero-order valence-corrected chi connectivity index (χ0v) is 12.1. The summed E-state index contributed by atoms with van der Waals surface area (Å²) in [6, 6.07) is 4.59. The fourth-order valence-corrected chi connectivity index (χ4v) is 3.25. The number of piperidine rings is 1.